The van der Waals surface area contributed by atoms with Crippen molar-refractivity contribution in [3.63, 3.8) is 0 Å². The number of carboxylic acid groups (broad SMARTS) is 1. The zero-order valence-electron chi connectivity index (χ0n) is 7.15. The van der Waals surface area contributed by atoms with Crippen LogP contribution in [-0.4, -0.2) is 26.8 Å². The predicted octanol–water partition coefficient (Wildman–Crippen LogP) is 1.53. The molecule has 13 heavy (non-hydrogen) atoms. The molecule has 0 amide bonds. The molecule has 0 fully saturated rings. The Kier molecular flexibility index (Phi) is 3.57. The van der Waals surface area contributed by atoms with Crippen LogP contribution < -0.4 is 0 Å². The van der Waals surface area contributed by atoms with Crippen LogP contribution in [0.3, 0.4) is 0 Å². The first-order valence-corrected chi connectivity index (χ1v) is 4.69. The van der Waals surface area contributed by atoms with Gasteiger partial charge in [0.1, 0.15) is 0 Å². The number of aliphatic carboxylic acids is 1. The third-order valence-corrected chi connectivity index (χ3v) is 2.38. The second-order valence-corrected chi connectivity index (χ2v) is 3.48. The van der Waals surface area contributed by atoms with Crippen molar-refractivity contribution < 1.29 is 9.90 Å². The van der Waals surface area contributed by atoms with Crippen molar-refractivity contribution in [2.45, 2.75) is 12.1 Å². The van der Waals surface area contributed by atoms with E-state index < -0.39 is 5.97 Å². The summed E-state index contributed by atoms with van der Waals surface area (Å²) in [5, 5.41) is 9.24. The smallest absolute Gasteiger partial charge is 0.328 e. The number of carboxylic acids is 1. The van der Waals surface area contributed by atoms with Crippen molar-refractivity contribution in [2.24, 2.45) is 0 Å². The second-order valence-electron chi connectivity index (χ2n) is 2.51. The molecular formula is C8H10N2O2S. The normalized spacial score (nSPS) is 11.6. The standard InChI is InChI=1S/C8H10N2O2S/c1-6(4-7(11)12)5-13-8-9-2-3-10-8/h2-4H,5H2,1H3,(H,9,10)(H,11,12)/b6-4-. The van der Waals surface area contributed by atoms with E-state index in [1.54, 1.807) is 19.3 Å². The van der Waals surface area contributed by atoms with Crippen LogP contribution in [0.5, 0.6) is 0 Å². The molecule has 1 heterocycles. The Bertz CT molecular complexity index is 306. The molecule has 1 aromatic heterocycles. The Balaban J connectivity index is 2.39. The van der Waals surface area contributed by atoms with Gasteiger partial charge in [-0.2, -0.15) is 0 Å². The van der Waals surface area contributed by atoms with E-state index in [4.69, 9.17) is 5.11 Å². The van der Waals surface area contributed by atoms with Gasteiger partial charge >= 0.3 is 5.97 Å². The average Bonchev–Trinajstić information content (AvgIpc) is 2.51. The lowest BCUT2D eigenvalue weighted by Crippen LogP contribution is -1.92. The Labute approximate surface area is 80.1 Å². The van der Waals surface area contributed by atoms with Crippen LogP contribution in [-0.2, 0) is 4.79 Å². The Morgan fingerprint density at radius 1 is 1.85 bits per heavy atom. The number of nitrogens with one attached hydrogen (secondary N) is 1. The van der Waals surface area contributed by atoms with Crippen molar-refractivity contribution in [2.75, 3.05) is 5.75 Å². The molecule has 0 aliphatic carbocycles. The molecule has 0 atom stereocenters. The van der Waals surface area contributed by atoms with Gasteiger partial charge in [0.15, 0.2) is 5.16 Å². The van der Waals surface area contributed by atoms with E-state index in [1.807, 2.05) is 0 Å². The minimum absolute atomic E-state index is 0.639. The average molecular weight is 198 g/mol. The molecule has 0 saturated carbocycles. The SMILES string of the molecule is C/C(=C/C(=O)O)CSc1ncc[nH]1. The molecule has 0 unspecified atom stereocenters. The number of rotatable bonds is 4. The largest absolute Gasteiger partial charge is 0.478 e. The first kappa shape index (κ1) is 9.85. The maximum atomic E-state index is 10.3. The molecule has 4 nitrogen and oxygen atoms in total. The van der Waals surface area contributed by atoms with Gasteiger partial charge in [0.25, 0.3) is 0 Å². The van der Waals surface area contributed by atoms with Gasteiger partial charge in [0.05, 0.1) is 0 Å². The molecular weight excluding hydrogens is 188 g/mol. The third kappa shape index (κ3) is 3.80. The van der Waals surface area contributed by atoms with Crippen LogP contribution in [0.1, 0.15) is 6.92 Å². The molecule has 5 heteroatoms. The summed E-state index contributed by atoms with van der Waals surface area (Å²) >= 11 is 1.48. The van der Waals surface area contributed by atoms with Crippen LogP contribution in [0, 0.1) is 0 Å². The van der Waals surface area contributed by atoms with Gasteiger partial charge in [-0.1, -0.05) is 17.3 Å². The highest BCUT2D eigenvalue weighted by atomic mass is 32.2. The molecule has 0 aliphatic heterocycles. The molecule has 2 N–H and O–H groups in total. The molecule has 0 spiro atoms. The van der Waals surface area contributed by atoms with Gasteiger partial charge in [0.2, 0.25) is 0 Å². The zero-order valence-corrected chi connectivity index (χ0v) is 7.97. The van der Waals surface area contributed by atoms with Gasteiger partial charge < -0.3 is 10.1 Å². The van der Waals surface area contributed by atoms with Crippen molar-refractivity contribution in [3.05, 3.63) is 24.0 Å². The Morgan fingerprint density at radius 3 is 3.15 bits per heavy atom. The van der Waals surface area contributed by atoms with Crippen LogP contribution in [0.2, 0.25) is 0 Å². The summed E-state index contributed by atoms with van der Waals surface area (Å²) in [4.78, 5) is 17.2. The molecule has 0 bridgehead atoms. The molecule has 0 aliphatic rings. The molecule has 1 rings (SSSR count). The molecule has 0 saturated heterocycles. The van der Waals surface area contributed by atoms with E-state index in [-0.39, 0.29) is 0 Å². The lowest BCUT2D eigenvalue weighted by molar-refractivity contribution is -0.131. The minimum atomic E-state index is -0.905. The number of hydrogen-bond donors (Lipinski definition) is 2. The van der Waals surface area contributed by atoms with Crippen molar-refractivity contribution >= 4 is 17.7 Å². The fourth-order valence-corrected chi connectivity index (χ4v) is 1.50. The van der Waals surface area contributed by atoms with Gasteiger partial charge in [0, 0.05) is 24.2 Å². The number of aromatic nitrogens is 2. The van der Waals surface area contributed by atoms with Crippen LogP contribution in [0.4, 0.5) is 0 Å². The first-order chi connectivity index (χ1) is 6.18. The van der Waals surface area contributed by atoms with E-state index in [9.17, 15) is 4.79 Å². The lowest BCUT2D eigenvalue weighted by Gasteiger charge is -1.96. The molecule has 70 valence electrons. The Hall–Kier alpha value is -1.23. The van der Waals surface area contributed by atoms with Crippen molar-refractivity contribution in [1.29, 1.82) is 0 Å². The van der Waals surface area contributed by atoms with E-state index >= 15 is 0 Å². The number of H-pyrrole nitrogens is 1. The van der Waals surface area contributed by atoms with Crippen LogP contribution >= 0.6 is 11.8 Å². The zero-order chi connectivity index (χ0) is 9.68. The van der Waals surface area contributed by atoms with Crippen LogP contribution in [0.15, 0.2) is 29.2 Å². The Morgan fingerprint density at radius 2 is 2.62 bits per heavy atom. The summed E-state index contributed by atoms with van der Waals surface area (Å²) in [6, 6.07) is 0. The van der Waals surface area contributed by atoms with E-state index in [0.29, 0.717) is 5.75 Å². The summed E-state index contributed by atoms with van der Waals surface area (Å²) < 4.78 is 0. The highest BCUT2D eigenvalue weighted by Crippen LogP contribution is 2.14. The number of thioether (sulfide) groups is 1. The monoisotopic (exact) mass is 198 g/mol. The third-order valence-electron chi connectivity index (χ3n) is 1.28. The summed E-state index contributed by atoms with van der Waals surface area (Å²) in [6.07, 6.45) is 4.60. The quantitative estimate of drug-likeness (QED) is 0.568. The van der Waals surface area contributed by atoms with Gasteiger partial charge in [-0.15, -0.1) is 0 Å². The number of aromatic amines is 1. The van der Waals surface area contributed by atoms with E-state index in [0.717, 1.165) is 10.7 Å². The summed E-state index contributed by atoms with van der Waals surface area (Å²) in [6.45, 7) is 1.78. The lowest BCUT2D eigenvalue weighted by atomic mass is 10.3. The van der Waals surface area contributed by atoms with Crippen LogP contribution in [0.25, 0.3) is 0 Å². The van der Waals surface area contributed by atoms with Crippen molar-refractivity contribution in [3.8, 4) is 0 Å². The fourth-order valence-electron chi connectivity index (χ4n) is 0.764. The van der Waals surface area contributed by atoms with Gasteiger partial charge in [-0.3, -0.25) is 0 Å². The molecule has 0 radical (unpaired) electrons. The maximum absolute atomic E-state index is 10.3. The van der Waals surface area contributed by atoms with Gasteiger partial charge in [-0.25, -0.2) is 9.78 Å². The minimum Gasteiger partial charge on any atom is -0.478 e. The summed E-state index contributed by atoms with van der Waals surface area (Å²) in [5.74, 6) is -0.266. The number of nitrogens with zero attached hydrogens (tertiary/aromatic N) is 1. The highest BCUT2D eigenvalue weighted by molar-refractivity contribution is 7.99. The van der Waals surface area contributed by atoms with Gasteiger partial charge in [-0.05, 0) is 6.92 Å². The predicted molar refractivity (Wildman–Crippen MR) is 50.7 cm³/mol. The highest BCUT2D eigenvalue weighted by Gasteiger charge is 1.98. The number of imidazole rings is 1. The number of hydrogen-bond acceptors (Lipinski definition) is 3. The maximum Gasteiger partial charge on any atom is 0.328 e. The topological polar surface area (TPSA) is 66.0 Å². The summed E-state index contributed by atoms with van der Waals surface area (Å²) in [7, 11) is 0. The molecule has 0 aromatic carbocycles. The van der Waals surface area contributed by atoms with E-state index in [1.165, 1.54) is 17.8 Å². The summed E-state index contributed by atoms with van der Waals surface area (Å²) in [5.41, 5.74) is 0.814. The first-order valence-electron chi connectivity index (χ1n) is 3.71. The fraction of sp³-hybridized carbons (Fsp3) is 0.250. The van der Waals surface area contributed by atoms with Crippen molar-refractivity contribution in [1.82, 2.24) is 9.97 Å². The van der Waals surface area contributed by atoms with E-state index in [2.05, 4.69) is 9.97 Å². The second kappa shape index (κ2) is 4.71. The molecule has 1 aromatic rings. The number of carbonyl (C=O) groups is 1.